The van der Waals surface area contributed by atoms with Gasteiger partial charge in [-0.05, 0) is 46.7 Å². The van der Waals surface area contributed by atoms with Crippen LogP contribution in [0, 0.1) is 0 Å². The van der Waals surface area contributed by atoms with E-state index in [1.807, 2.05) is 12.3 Å². The Bertz CT molecular complexity index is 419. The number of aromatic nitrogens is 4. The zero-order valence-corrected chi connectivity index (χ0v) is 9.48. The molecule has 0 saturated heterocycles. The quantitative estimate of drug-likeness (QED) is 0.853. The van der Waals surface area contributed by atoms with Crippen molar-refractivity contribution in [1.29, 1.82) is 0 Å². The lowest BCUT2D eigenvalue weighted by Crippen LogP contribution is -2.17. The summed E-state index contributed by atoms with van der Waals surface area (Å²) in [4.78, 5) is 0. The van der Waals surface area contributed by atoms with E-state index in [9.17, 15) is 0 Å². The van der Waals surface area contributed by atoms with Crippen molar-refractivity contribution in [3.63, 3.8) is 0 Å². The van der Waals surface area contributed by atoms with E-state index < -0.39 is 0 Å². The SMILES string of the molecule is CC(N)c1nnnn1C(C)c1ccsc1. The predicted molar refractivity (Wildman–Crippen MR) is 58.6 cm³/mol. The molecule has 0 amide bonds. The van der Waals surface area contributed by atoms with Gasteiger partial charge in [0.25, 0.3) is 0 Å². The number of nitrogens with zero attached hydrogens (tertiary/aromatic N) is 4. The number of thiophene rings is 1. The van der Waals surface area contributed by atoms with Gasteiger partial charge in [0.2, 0.25) is 0 Å². The monoisotopic (exact) mass is 223 g/mol. The molecule has 15 heavy (non-hydrogen) atoms. The van der Waals surface area contributed by atoms with Gasteiger partial charge in [-0.2, -0.15) is 11.3 Å². The number of hydrogen-bond acceptors (Lipinski definition) is 5. The van der Waals surface area contributed by atoms with Gasteiger partial charge in [-0.3, -0.25) is 0 Å². The molecule has 5 nitrogen and oxygen atoms in total. The summed E-state index contributed by atoms with van der Waals surface area (Å²) in [6.45, 7) is 3.94. The van der Waals surface area contributed by atoms with Gasteiger partial charge < -0.3 is 5.73 Å². The minimum absolute atomic E-state index is 0.132. The summed E-state index contributed by atoms with van der Waals surface area (Å²) in [5.41, 5.74) is 6.99. The van der Waals surface area contributed by atoms with Crippen LogP contribution in [0.4, 0.5) is 0 Å². The van der Waals surface area contributed by atoms with Crippen molar-refractivity contribution >= 4 is 11.3 Å². The van der Waals surface area contributed by atoms with E-state index in [-0.39, 0.29) is 12.1 Å². The van der Waals surface area contributed by atoms with Crippen molar-refractivity contribution in [1.82, 2.24) is 20.2 Å². The number of hydrogen-bond donors (Lipinski definition) is 1. The first-order valence-electron chi connectivity index (χ1n) is 4.75. The fourth-order valence-electron chi connectivity index (χ4n) is 1.43. The van der Waals surface area contributed by atoms with E-state index in [0.717, 1.165) is 0 Å². The molecular weight excluding hydrogens is 210 g/mol. The molecule has 2 rings (SSSR count). The van der Waals surface area contributed by atoms with Crippen LogP contribution < -0.4 is 5.73 Å². The van der Waals surface area contributed by atoms with Crippen molar-refractivity contribution in [3.05, 3.63) is 28.2 Å². The van der Waals surface area contributed by atoms with Gasteiger partial charge in [-0.1, -0.05) is 0 Å². The normalized spacial score (nSPS) is 15.1. The minimum atomic E-state index is -0.152. The molecule has 2 N–H and O–H groups in total. The van der Waals surface area contributed by atoms with E-state index in [1.54, 1.807) is 16.0 Å². The van der Waals surface area contributed by atoms with E-state index in [0.29, 0.717) is 5.82 Å². The van der Waals surface area contributed by atoms with Gasteiger partial charge >= 0.3 is 0 Å². The summed E-state index contributed by atoms with van der Waals surface area (Å²) < 4.78 is 1.77. The molecule has 0 aromatic carbocycles. The first-order chi connectivity index (χ1) is 7.20. The van der Waals surface area contributed by atoms with E-state index in [1.165, 1.54) is 5.56 Å². The molecule has 0 aliphatic carbocycles. The number of nitrogens with two attached hydrogens (primary N) is 1. The second-order valence-electron chi connectivity index (χ2n) is 3.50. The number of rotatable bonds is 3. The van der Waals surface area contributed by atoms with Gasteiger partial charge in [-0.25, -0.2) is 4.68 Å². The first kappa shape index (κ1) is 10.3. The van der Waals surface area contributed by atoms with E-state index >= 15 is 0 Å². The Labute approximate surface area is 91.9 Å². The summed E-state index contributed by atoms with van der Waals surface area (Å²) in [5, 5.41) is 15.7. The molecule has 2 aromatic heterocycles. The topological polar surface area (TPSA) is 69.6 Å². The highest BCUT2D eigenvalue weighted by molar-refractivity contribution is 7.07. The van der Waals surface area contributed by atoms with E-state index in [2.05, 4.69) is 33.9 Å². The fourth-order valence-corrected chi connectivity index (χ4v) is 2.18. The second-order valence-corrected chi connectivity index (χ2v) is 4.28. The summed E-state index contributed by atoms with van der Waals surface area (Å²) in [7, 11) is 0. The largest absolute Gasteiger partial charge is 0.322 e. The highest BCUT2D eigenvalue weighted by Crippen LogP contribution is 2.21. The van der Waals surface area contributed by atoms with Gasteiger partial charge in [0.05, 0.1) is 12.1 Å². The highest BCUT2D eigenvalue weighted by atomic mass is 32.1. The maximum atomic E-state index is 5.79. The maximum absolute atomic E-state index is 5.79. The summed E-state index contributed by atoms with van der Waals surface area (Å²) >= 11 is 1.67. The van der Waals surface area contributed by atoms with E-state index in [4.69, 9.17) is 5.73 Å². The van der Waals surface area contributed by atoms with Crippen molar-refractivity contribution < 1.29 is 0 Å². The first-order valence-corrected chi connectivity index (χ1v) is 5.70. The molecule has 0 aliphatic rings. The fraction of sp³-hybridized carbons (Fsp3) is 0.444. The minimum Gasteiger partial charge on any atom is -0.322 e. The molecule has 0 fully saturated rings. The van der Waals surface area contributed by atoms with Gasteiger partial charge in [0.1, 0.15) is 0 Å². The third-order valence-electron chi connectivity index (χ3n) is 2.32. The molecule has 80 valence electrons. The molecule has 2 unspecified atom stereocenters. The van der Waals surface area contributed by atoms with Crippen molar-refractivity contribution in [2.75, 3.05) is 0 Å². The average Bonchev–Trinajstić information content (AvgIpc) is 2.88. The van der Waals surface area contributed by atoms with Crippen LogP contribution in [0.5, 0.6) is 0 Å². The van der Waals surface area contributed by atoms with Crippen LogP contribution in [-0.2, 0) is 0 Å². The van der Waals surface area contributed by atoms with Gasteiger partial charge in [0, 0.05) is 0 Å². The van der Waals surface area contributed by atoms with Crippen LogP contribution >= 0.6 is 11.3 Å². The molecule has 0 aliphatic heterocycles. The zero-order valence-electron chi connectivity index (χ0n) is 8.66. The van der Waals surface area contributed by atoms with Gasteiger partial charge in [0.15, 0.2) is 5.82 Å². The molecular formula is C9H13N5S. The highest BCUT2D eigenvalue weighted by Gasteiger charge is 2.17. The molecule has 6 heteroatoms. The van der Waals surface area contributed by atoms with Crippen LogP contribution in [0.2, 0.25) is 0 Å². The molecule has 0 spiro atoms. The van der Waals surface area contributed by atoms with Crippen LogP contribution in [-0.4, -0.2) is 20.2 Å². The van der Waals surface area contributed by atoms with Crippen LogP contribution in [0.15, 0.2) is 16.8 Å². The Balaban J connectivity index is 2.33. The van der Waals surface area contributed by atoms with Crippen molar-refractivity contribution in [2.45, 2.75) is 25.9 Å². The average molecular weight is 223 g/mol. The summed E-state index contributed by atoms with van der Waals surface area (Å²) in [6, 6.07) is 2.05. The van der Waals surface area contributed by atoms with Crippen LogP contribution in [0.25, 0.3) is 0 Å². The Kier molecular flexibility index (Phi) is 2.79. The Morgan fingerprint density at radius 3 is 2.87 bits per heavy atom. The van der Waals surface area contributed by atoms with Crippen LogP contribution in [0.3, 0.4) is 0 Å². The molecule has 2 heterocycles. The Hall–Kier alpha value is -1.27. The molecule has 2 aromatic rings. The lowest BCUT2D eigenvalue weighted by Gasteiger charge is -2.13. The second kappa shape index (κ2) is 4.08. The lowest BCUT2D eigenvalue weighted by molar-refractivity contribution is 0.505. The van der Waals surface area contributed by atoms with Gasteiger partial charge in [-0.15, -0.1) is 5.10 Å². The molecule has 0 radical (unpaired) electrons. The number of tetrazole rings is 1. The smallest absolute Gasteiger partial charge is 0.168 e. The summed E-state index contributed by atoms with van der Waals surface area (Å²) in [6.07, 6.45) is 0. The summed E-state index contributed by atoms with van der Waals surface area (Å²) in [5.74, 6) is 0.716. The molecule has 0 saturated carbocycles. The third kappa shape index (κ3) is 1.91. The molecule has 0 bridgehead atoms. The Morgan fingerprint density at radius 1 is 1.47 bits per heavy atom. The van der Waals surface area contributed by atoms with Crippen LogP contribution in [0.1, 0.15) is 37.3 Å². The van der Waals surface area contributed by atoms with Crippen molar-refractivity contribution in [3.8, 4) is 0 Å². The van der Waals surface area contributed by atoms with Crippen molar-refractivity contribution in [2.24, 2.45) is 5.73 Å². The third-order valence-corrected chi connectivity index (χ3v) is 3.02. The zero-order chi connectivity index (χ0) is 10.8. The lowest BCUT2D eigenvalue weighted by atomic mass is 10.2. The molecule has 2 atom stereocenters. The predicted octanol–water partition coefficient (Wildman–Crippen LogP) is 1.36. The maximum Gasteiger partial charge on any atom is 0.168 e. The standard InChI is InChI=1S/C9H13N5S/c1-6(10)9-11-12-13-14(9)7(2)8-3-4-15-5-8/h3-7H,10H2,1-2H3. The Morgan fingerprint density at radius 2 is 2.27 bits per heavy atom.